The molecule has 0 atom stereocenters. The van der Waals surface area contributed by atoms with Crippen LogP contribution in [0.5, 0.6) is 0 Å². The van der Waals surface area contributed by atoms with Crippen LogP contribution in [-0.4, -0.2) is 24.8 Å². The number of carbonyl (C=O) groups excluding carboxylic acids is 3. The van der Waals surface area contributed by atoms with Crippen LogP contribution in [0.15, 0.2) is 48.5 Å². The summed E-state index contributed by atoms with van der Waals surface area (Å²) >= 11 is 6.10. The summed E-state index contributed by atoms with van der Waals surface area (Å²) in [6.07, 6.45) is 3.34. The predicted octanol–water partition coefficient (Wildman–Crippen LogP) is 3.70. The molecule has 3 amide bonds. The number of anilines is 2. The number of rotatable bonds is 6. The lowest BCUT2D eigenvalue weighted by Crippen LogP contribution is -2.17. The number of benzene rings is 2. The van der Waals surface area contributed by atoms with Crippen LogP contribution in [0.3, 0.4) is 0 Å². The van der Waals surface area contributed by atoms with Gasteiger partial charge >= 0.3 is 0 Å². The van der Waals surface area contributed by atoms with Crippen molar-refractivity contribution in [2.24, 2.45) is 0 Å². The van der Waals surface area contributed by atoms with Crippen LogP contribution in [0.4, 0.5) is 11.4 Å². The third-order valence-electron chi connectivity index (χ3n) is 3.66. The van der Waals surface area contributed by atoms with Gasteiger partial charge in [0, 0.05) is 30.8 Å². The second-order valence-corrected chi connectivity index (χ2v) is 6.03. The van der Waals surface area contributed by atoms with Gasteiger partial charge in [-0.1, -0.05) is 30.7 Å². The maximum absolute atomic E-state index is 12.1. The summed E-state index contributed by atoms with van der Waals surface area (Å²) in [6, 6.07) is 11.7. The van der Waals surface area contributed by atoms with Crippen molar-refractivity contribution >= 4 is 46.8 Å². The Morgan fingerprint density at radius 2 is 1.74 bits per heavy atom. The zero-order chi connectivity index (χ0) is 19.8. The summed E-state index contributed by atoms with van der Waals surface area (Å²) in [6.45, 7) is 1.75. The van der Waals surface area contributed by atoms with Gasteiger partial charge < -0.3 is 16.0 Å². The van der Waals surface area contributed by atoms with E-state index < -0.39 is 0 Å². The van der Waals surface area contributed by atoms with E-state index in [1.165, 1.54) is 6.08 Å². The molecule has 2 rings (SSSR count). The first-order valence-corrected chi connectivity index (χ1v) is 8.71. The van der Waals surface area contributed by atoms with Crippen LogP contribution < -0.4 is 16.0 Å². The van der Waals surface area contributed by atoms with E-state index in [4.69, 9.17) is 11.6 Å². The molecule has 0 aromatic heterocycles. The molecular formula is C20H20ClN3O3. The highest BCUT2D eigenvalue weighted by Crippen LogP contribution is 2.25. The molecule has 0 spiro atoms. The van der Waals surface area contributed by atoms with Gasteiger partial charge in [-0.15, -0.1) is 0 Å². The van der Waals surface area contributed by atoms with Crippen molar-refractivity contribution in [3.8, 4) is 0 Å². The number of hydrogen-bond acceptors (Lipinski definition) is 3. The molecule has 0 fully saturated rings. The first-order valence-electron chi connectivity index (χ1n) is 8.33. The largest absolute Gasteiger partial charge is 0.355 e. The molecule has 0 heterocycles. The van der Waals surface area contributed by atoms with Gasteiger partial charge in [-0.25, -0.2) is 0 Å². The highest BCUT2D eigenvalue weighted by molar-refractivity contribution is 6.34. The van der Waals surface area contributed by atoms with Gasteiger partial charge in [-0.05, 0) is 42.0 Å². The molecule has 0 bridgehead atoms. The predicted molar refractivity (Wildman–Crippen MR) is 108 cm³/mol. The number of nitrogens with one attached hydrogen (secondary N) is 3. The maximum Gasteiger partial charge on any atom is 0.251 e. The zero-order valence-electron chi connectivity index (χ0n) is 15.0. The Bertz CT molecular complexity index is 877. The lowest BCUT2D eigenvalue weighted by atomic mass is 10.1. The van der Waals surface area contributed by atoms with E-state index in [1.807, 2.05) is 0 Å². The Labute approximate surface area is 162 Å². The van der Waals surface area contributed by atoms with E-state index in [-0.39, 0.29) is 17.7 Å². The standard InChI is InChI=1S/C20H20ClN3O3/c1-3-18(25)23-15-9-10-16(21)17(12-15)24-19(26)11-6-13-4-7-14(8-5-13)20(27)22-2/h4-12H,3H2,1-2H3,(H,22,27)(H,23,25)(H,24,26)/b11-6+. The molecule has 0 saturated carbocycles. The summed E-state index contributed by atoms with van der Waals surface area (Å²) in [4.78, 5) is 35.1. The lowest BCUT2D eigenvalue weighted by molar-refractivity contribution is -0.116. The van der Waals surface area contributed by atoms with E-state index in [0.717, 1.165) is 5.56 Å². The molecule has 6 nitrogen and oxygen atoms in total. The van der Waals surface area contributed by atoms with Gasteiger partial charge in [0.05, 0.1) is 10.7 Å². The molecule has 27 heavy (non-hydrogen) atoms. The topological polar surface area (TPSA) is 87.3 Å². The van der Waals surface area contributed by atoms with Crippen LogP contribution in [0.25, 0.3) is 6.08 Å². The fourth-order valence-corrected chi connectivity index (χ4v) is 2.35. The van der Waals surface area contributed by atoms with Gasteiger partial charge in [0.25, 0.3) is 5.91 Å². The van der Waals surface area contributed by atoms with E-state index in [0.29, 0.717) is 28.4 Å². The van der Waals surface area contributed by atoms with Crippen molar-refractivity contribution in [2.45, 2.75) is 13.3 Å². The molecule has 0 saturated heterocycles. The van der Waals surface area contributed by atoms with Crippen LogP contribution in [0.2, 0.25) is 5.02 Å². The summed E-state index contributed by atoms with van der Waals surface area (Å²) in [5.41, 5.74) is 2.26. The molecular weight excluding hydrogens is 366 g/mol. The van der Waals surface area contributed by atoms with E-state index in [9.17, 15) is 14.4 Å². The molecule has 0 radical (unpaired) electrons. The number of halogens is 1. The van der Waals surface area contributed by atoms with Crippen LogP contribution in [0.1, 0.15) is 29.3 Å². The SMILES string of the molecule is CCC(=O)Nc1ccc(Cl)c(NC(=O)/C=C/c2ccc(C(=O)NC)cc2)c1. The molecule has 2 aromatic carbocycles. The molecule has 0 unspecified atom stereocenters. The average Bonchev–Trinajstić information content (AvgIpc) is 2.68. The molecule has 3 N–H and O–H groups in total. The van der Waals surface area contributed by atoms with Crippen LogP contribution in [0, 0.1) is 0 Å². The Morgan fingerprint density at radius 1 is 1.04 bits per heavy atom. The highest BCUT2D eigenvalue weighted by Gasteiger charge is 2.07. The van der Waals surface area contributed by atoms with Crippen molar-refractivity contribution < 1.29 is 14.4 Å². The fourth-order valence-electron chi connectivity index (χ4n) is 2.18. The minimum atomic E-state index is -0.369. The van der Waals surface area contributed by atoms with Crippen LogP contribution in [-0.2, 0) is 9.59 Å². The molecule has 0 aliphatic rings. The Morgan fingerprint density at radius 3 is 2.37 bits per heavy atom. The molecule has 0 aliphatic heterocycles. The molecule has 0 aliphatic carbocycles. The quantitative estimate of drug-likeness (QED) is 0.662. The minimum Gasteiger partial charge on any atom is -0.355 e. The van der Waals surface area contributed by atoms with E-state index in [2.05, 4.69) is 16.0 Å². The van der Waals surface area contributed by atoms with Crippen molar-refractivity contribution in [3.63, 3.8) is 0 Å². The van der Waals surface area contributed by atoms with Crippen molar-refractivity contribution in [1.82, 2.24) is 5.32 Å². The number of hydrogen-bond donors (Lipinski definition) is 3. The fraction of sp³-hybridized carbons (Fsp3) is 0.150. The molecule has 140 valence electrons. The van der Waals surface area contributed by atoms with E-state index in [1.54, 1.807) is 62.5 Å². The number of carbonyl (C=O) groups is 3. The van der Waals surface area contributed by atoms with Crippen molar-refractivity contribution in [1.29, 1.82) is 0 Å². The van der Waals surface area contributed by atoms with Crippen molar-refractivity contribution in [3.05, 3.63) is 64.7 Å². The Hall–Kier alpha value is -3.12. The zero-order valence-corrected chi connectivity index (χ0v) is 15.8. The van der Waals surface area contributed by atoms with Gasteiger partial charge in [0.1, 0.15) is 0 Å². The van der Waals surface area contributed by atoms with Gasteiger partial charge in [-0.3, -0.25) is 14.4 Å². The Kier molecular flexibility index (Phi) is 7.14. The summed E-state index contributed by atoms with van der Waals surface area (Å²) in [5.74, 6) is -0.672. The monoisotopic (exact) mass is 385 g/mol. The first kappa shape index (κ1) is 20.2. The second kappa shape index (κ2) is 9.54. The van der Waals surface area contributed by atoms with Crippen molar-refractivity contribution in [2.75, 3.05) is 17.7 Å². The number of amides is 3. The van der Waals surface area contributed by atoms with Crippen LogP contribution >= 0.6 is 11.6 Å². The average molecular weight is 386 g/mol. The second-order valence-electron chi connectivity index (χ2n) is 5.62. The molecule has 2 aromatic rings. The molecule has 7 heteroatoms. The summed E-state index contributed by atoms with van der Waals surface area (Å²) in [5, 5.41) is 8.29. The highest BCUT2D eigenvalue weighted by atomic mass is 35.5. The third-order valence-corrected chi connectivity index (χ3v) is 3.99. The normalized spacial score (nSPS) is 10.5. The summed E-state index contributed by atoms with van der Waals surface area (Å²) in [7, 11) is 1.56. The maximum atomic E-state index is 12.1. The summed E-state index contributed by atoms with van der Waals surface area (Å²) < 4.78 is 0. The lowest BCUT2D eigenvalue weighted by Gasteiger charge is -2.09. The van der Waals surface area contributed by atoms with Gasteiger partial charge in [0.15, 0.2) is 0 Å². The minimum absolute atomic E-state index is 0.130. The van der Waals surface area contributed by atoms with E-state index >= 15 is 0 Å². The van der Waals surface area contributed by atoms with Gasteiger partial charge in [-0.2, -0.15) is 0 Å². The smallest absolute Gasteiger partial charge is 0.251 e. The Balaban J connectivity index is 2.04. The van der Waals surface area contributed by atoms with Gasteiger partial charge in [0.2, 0.25) is 11.8 Å². The first-order chi connectivity index (χ1) is 12.9. The third kappa shape index (κ3) is 5.97.